The molecule has 25 heavy (non-hydrogen) atoms. The smallest absolute Gasteiger partial charge is 0.307 e. The monoisotopic (exact) mass is 346 g/mol. The molecular formula is C18H26N4O3. The standard InChI is InChI=1S/C17H23N3O3.CH3N/c1-3-23-16(21)11-12-20(13-7-6-8-13)17(22)14-9-4-5-10-15(14)19-18-2;1-2/h4-5,9-10,13,19H,2-3,6-8,11-12H2,1H3;2H,1H2. The lowest BCUT2D eigenvalue weighted by Crippen LogP contribution is -2.45. The lowest BCUT2D eigenvalue weighted by molar-refractivity contribution is -0.143. The van der Waals surface area contributed by atoms with Crippen molar-refractivity contribution < 1.29 is 14.3 Å². The van der Waals surface area contributed by atoms with Crippen LogP contribution in [0.2, 0.25) is 0 Å². The van der Waals surface area contributed by atoms with E-state index < -0.39 is 0 Å². The molecule has 0 unspecified atom stereocenters. The van der Waals surface area contributed by atoms with E-state index in [4.69, 9.17) is 10.1 Å². The molecule has 0 radical (unpaired) electrons. The molecule has 7 nitrogen and oxygen atoms in total. The van der Waals surface area contributed by atoms with E-state index in [9.17, 15) is 9.59 Å². The third-order valence-corrected chi connectivity index (χ3v) is 4.00. The summed E-state index contributed by atoms with van der Waals surface area (Å²) in [4.78, 5) is 26.3. The molecule has 1 aromatic rings. The first-order valence-electron chi connectivity index (χ1n) is 8.30. The van der Waals surface area contributed by atoms with Crippen molar-refractivity contribution in [1.82, 2.24) is 4.90 Å². The first-order valence-corrected chi connectivity index (χ1v) is 8.30. The molecule has 2 N–H and O–H groups in total. The molecule has 0 aromatic heterocycles. The van der Waals surface area contributed by atoms with Gasteiger partial charge in [0.25, 0.3) is 5.91 Å². The van der Waals surface area contributed by atoms with Crippen molar-refractivity contribution >= 4 is 31.0 Å². The van der Waals surface area contributed by atoms with Crippen LogP contribution in [-0.4, -0.2) is 49.4 Å². The van der Waals surface area contributed by atoms with Gasteiger partial charge in [0.15, 0.2) is 0 Å². The van der Waals surface area contributed by atoms with E-state index in [2.05, 4.69) is 24.0 Å². The van der Waals surface area contributed by atoms with Gasteiger partial charge in [-0.1, -0.05) is 12.1 Å². The van der Waals surface area contributed by atoms with Crippen molar-refractivity contribution in [2.75, 3.05) is 18.6 Å². The van der Waals surface area contributed by atoms with E-state index in [-0.39, 0.29) is 24.3 Å². The minimum absolute atomic E-state index is 0.0919. The summed E-state index contributed by atoms with van der Waals surface area (Å²) in [6.07, 6.45) is 3.28. The Labute approximate surface area is 148 Å². The lowest BCUT2D eigenvalue weighted by Gasteiger charge is -2.37. The summed E-state index contributed by atoms with van der Waals surface area (Å²) >= 11 is 0. The van der Waals surface area contributed by atoms with E-state index in [1.807, 2.05) is 12.1 Å². The van der Waals surface area contributed by atoms with Gasteiger partial charge in [-0.25, -0.2) is 0 Å². The summed E-state index contributed by atoms with van der Waals surface area (Å²) in [5, 5.41) is 9.14. The van der Waals surface area contributed by atoms with Crippen molar-refractivity contribution in [3.63, 3.8) is 0 Å². The molecule has 7 heteroatoms. The molecule has 0 atom stereocenters. The lowest BCUT2D eigenvalue weighted by atomic mass is 9.90. The second kappa shape index (κ2) is 11.0. The van der Waals surface area contributed by atoms with Crippen molar-refractivity contribution in [3.05, 3.63) is 29.8 Å². The molecule has 0 bridgehead atoms. The maximum absolute atomic E-state index is 12.9. The fraction of sp³-hybridized carbons (Fsp3) is 0.444. The van der Waals surface area contributed by atoms with Crippen LogP contribution in [-0.2, 0) is 9.53 Å². The summed E-state index contributed by atoms with van der Waals surface area (Å²) in [6, 6.07) is 7.38. The number of rotatable bonds is 8. The Morgan fingerprint density at radius 2 is 2.04 bits per heavy atom. The van der Waals surface area contributed by atoms with Crippen LogP contribution < -0.4 is 5.43 Å². The van der Waals surface area contributed by atoms with Crippen LogP contribution in [0, 0.1) is 5.41 Å². The van der Waals surface area contributed by atoms with Gasteiger partial charge in [-0.2, -0.15) is 5.10 Å². The van der Waals surface area contributed by atoms with Crippen molar-refractivity contribution in [1.29, 1.82) is 5.41 Å². The molecule has 2 rings (SSSR count). The predicted octanol–water partition coefficient (Wildman–Crippen LogP) is 2.93. The Morgan fingerprint density at radius 3 is 2.60 bits per heavy atom. The number of ether oxygens (including phenoxy) is 1. The number of carbonyl (C=O) groups is 2. The van der Waals surface area contributed by atoms with Gasteiger partial charge >= 0.3 is 5.97 Å². The molecule has 1 aromatic carbocycles. The minimum Gasteiger partial charge on any atom is -0.466 e. The number of benzene rings is 1. The Balaban J connectivity index is 0.00000151. The van der Waals surface area contributed by atoms with Gasteiger partial charge in [-0.3, -0.25) is 15.0 Å². The topological polar surface area (TPSA) is 94.9 Å². The Morgan fingerprint density at radius 1 is 1.36 bits per heavy atom. The van der Waals surface area contributed by atoms with Crippen LogP contribution in [0.3, 0.4) is 0 Å². The minimum atomic E-state index is -0.274. The number of nitrogens with zero attached hydrogens (tertiary/aromatic N) is 2. The van der Waals surface area contributed by atoms with E-state index in [0.29, 0.717) is 24.4 Å². The first-order chi connectivity index (χ1) is 12.2. The third kappa shape index (κ3) is 5.70. The fourth-order valence-electron chi connectivity index (χ4n) is 2.60. The number of hydrogen-bond acceptors (Lipinski definition) is 6. The second-order valence-electron chi connectivity index (χ2n) is 5.45. The number of para-hydroxylation sites is 1. The zero-order chi connectivity index (χ0) is 18.7. The van der Waals surface area contributed by atoms with E-state index in [1.54, 1.807) is 24.0 Å². The van der Waals surface area contributed by atoms with Gasteiger partial charge in [-0.05, 0) is 45.0 Å². The van der Waals surface area contributed by atoms with Crippen LogP contribution in [0.5, 0.6) is 0 Å². The number of hydrazone groups is 1. The number of carbonyl (C=O) groups excluding carboxylic acids is 2. The van der Waals surface area contributed by atoms with Crippen molar-refractivity contribution in [3.8, 4) is 0 Å². The zero-order valence-corrected chi connectivity index (χ0v) is 14.7. The summed E-state index contributed by atoms with van der Waals surface area (Å²) in [7, 11) is 0. The number of anilines is 1. The molecule has 1 saturated carbocycles. The summed E-state index contributed by atoms with van der Waals surface area (Å²) in [6.45, 7) is 8.40. The highest BCUT2D eigenvalue weighted by Gasteiger charge is 2.30. The van der Waals surface area contributed by atoms with Gasteiger partial charge in [0.05, 0.1) is 24.3 Å². The average Bonchev–Trinajstić information content (AvgIpc) is 2.59. The van der Waals surface area contributed by atoms with Gasteiger partial charge < -0.3 is 15.0 Å². The normalized spacial score (nSPS) is 12.8. The molecule has 136 valence electrons. The maximum Gasteiger partial charge on any atom is 0.307 e. The number of hydrogen-bond donors (Lipinski definition) is 2. The van der Waals surface area contributed by atoms with Crippen LogP contribution in [0.15, 0.2) is 29.4 Å². The maximum atomic E-state index is 12.9. The Bertz CT molecular complexity index is 587. The van der Waals surface area contributed by atoms with E-state index in [0.717, 1.165) is 19.3 Å². The molecule has 0 heterocycles. The molecule has 1 aliphatic rings. The van der Waals surface area contributed by atoms with Crippen LogP contribution in [0.25, 0.3) is 0 Å². The first kappa shape index (κ1) is 20.3. The van der Waals surface area contributed by atoms with Crippen LogP contribution >= 0.6 is 0 Å². The van der Waals surface area contributed by atoms with E-state index in [1.165, 1.54) is 0 Å². The highest BCUT2D eigenvalue weighted by Crippen LogP contribution is 2.28. The quantitative estimate of drug-likeness (QED) is 0.430. The Hall–Kier alpha value is -2.70. The van der Waals surface area contributed by atoms with Crippen molar-refractivity contribution in [2.45, 2.75) is 38.6 Å². The van der Waals surface area contributed by atoms with E-state index >= 15 is 0 Å². The molecule has 0 saturated heterocycles. The summed E-state index contributed by atoms with van der Waals surface area (Å²) in [5.41, 5.74) is 3.90. The number of nitrogens with one attached hydrogen (secondary N) is 2. The summed E-state index contributed by atoms with van der Waals surface area (Å²) < 4.78 is 4.96. The Kier molecular flexibility index (Phi) is 8.92. The van der Waals surface area contributed by atoms with Gasteiger partial charge in [0.2, 0.25) is 0 Å². The molecule has 1 fully saturated rings. The second-order valence-corrected chi connectivity index (χ2v) is 5.45. The van der Waals surface area contributed by atoms with Crippen molar-refractivity contribution in [2.24, 2.45) is 5.10 Å². The highest BCUT2D eigenvalue weighted by molar-refractivity contribution is 6.00. The molecular weight excluding hydrogens is 320 g/mol. The molecule has 1 aliphatic carbocycles. The van der Waals surface area contributed by atoms with Gasteiger partial charge in [-0.15, -0.1) is 0 Å². The predicted molar refractivity (Wildman–Crippen MR) is 99.4 cm³/mol. The molecule has 0 spiro atoms. The summed E-state index contributed by atoms with van der Waals surface area (Å²) in [5.74, 6) is -0.366. The number of amides is 1. The SMILES string of the molecule is C=N.C=NNc1ccccc1C(=O)N(CCC(=O)OCC)C1CCC1. The van der Waals surface area contributed by atoms with Crippen LogP contribution in [0.1, 0.15) is 43.0 Å². The highest BCUT2D eigenvalue weighted by atomic mass is 16.5. The number of esters is 1. The zero-order valence-electron chi connectivity index (χ0n) is 14.7. The van der Waals surface area contributed by atoms with Gasteiger partial charge in [0.1, 0.15) is 0 Å². The van der Waals surface area contributed by atoms with Crippen LogP contribution in [0.4, 0.5) is 5.69 Å². The third-order valence-electron chi connectivity index (χ3n) is 4.00. The largest absolute Gasteiger partial charge is 0.466 e. The molecule has 0 aliphatic heterocycles. The fourth-order valence-corrected chi connectivity index (χ4v) is 2.60. The van der Waals surface area contributed by atoms with Gasteiger partial charge in [0, 0.05) is 19.3 Å². The average molecular weight is 346 g/mol. The molecule has 1 amide bonds.